The highest BCUT2D eigenvalue weighted by Crippen LogP contribution is 2.31. The van der Waals surface area contributed by atoms with Crippen molar-refractivity contribution in [2.75, 3.05) is 5.32 Å². The van der Waals surface area contributed by atoms with Crippen molar-refractivity contribution in [3.63, 3.8) is 0 Å². The molecule has 1 aromatic carbocycles. The lowest BCUT2D eigenvalue weighted by Gasteiger charge is -2.13. The van der Waals surface area contributed by atoms with E-state index in [4.69, 9.17) is 4.52 Å². The number of nitrogens with zero attached hydrogens (tertiary/aromatic N) is 2. The average molecular weight is 351 g/mol. The summed E-state index contributed by atoms with van der Waals surface area (Å²) in [6.45, 7) is 3.63. The number of hydrogen-bond acceptors (Lipinski definition) is 5. The number of rotatable bonds is 4. The zero-order valence-corrected chi connectivity index (χ0v) is 13.5. The molecule has 1 unspecified atom stereocenters. The van der Waals surface area contributed by atoms with Gasteiger partial charge in [-0.15, -0.1) is 0 Å². The minimum absolute atomic E-state index is 0.122. The quantitative estimate of drug-likeness (QED) is 0.868. The fourth-order valence-corrected chi connectivity index (χ4v) is 2.60. The minimum Gasteiger partial charge on any atom is -0.491 e. The summed E-state index contributed by atoms with van der Waals surface area (Å²) in [6.07, 6.45) is -2.85. The molecule has 25 heavy (non-hydrogen) atoms. The first kappa shape index (κ1) is 17.1. The molecule has 132 valence electrons. The Hall–Kier alpha value is -2.77. The number of halogens is 3. The average Bonchev–Trinajstić information content (AvgIpc) is 3.15. The van der Waals surface area contributed by atoms with Gasteiger partial charge in [-0.05, 0) is 41.9 Å². The van der Waals surface area contributed by atoms with E-state index in [2.05, 4.69) is 15.5 Å². The van der Waals surface area contributed by atoms with Crippen molar-refractivity contribution in [1.82, 2.24) is 5.16 Å². The molecule has 0 fully saturated rings. The van der Waals surface area contributed by atoms with Gasteiger partial charge in [0.25, 0.3) is 5.88 Å². The summed E-state index contributed by atoms with van der Waals surface area (Å²) in [6, 6.07) is 7.18. The standard InChI is InChI=1S/C17H16F3N3O2/c1-9(15-10(2)16(24)23-25-15)11-3-5-12(6-4-11)21-14-8-7-13(22-14)17(18,19)20/h3-9,14,21H,1-2H3,(H,23,24)/t9-,14?/m1/s1. The lowest BCUT2D eigenvalue weighted by atomic mass is 9.96. The Labute approximate surface area is 141 Å². The fraction of sp³-hybridized carbons (Fsp3) is 0.294. The van der Waals surface area contributed by atoms with E-state index in [1.54, 1.807) is 19.1 Å². The summed E-state index contributed by atoms with van der Waals surface area (Å²) >= 11 is 0. The van der Waals surface area contributed by atoms with Crippen LogP contribution in [0.25, 0.3) is 0 Å². The van der Waals surface area contributed by atoms with E-state index in [0.717, 1.165) is 11.6 Å². The number of alkyl halides is 3. The molecule has 2 aromatic rings. The monoisotopic (exact) mass is 351 g/mol. The van der Waals surface area contributed by atoms with E-state index in [0.29, 0.717) is 17.0 Å². The predicted molar refractivity (Wildman–Crippen MR) is 86.9 cm³/mol. The highest BCUT2D eigenvalue weighted by Gasteiger charge is 2.36. The number of aliphatic imine (C=N–C) groups is 1. The second-order valence-electron chi connectivity index (χ2n) is 5.80. The molecule has 1 aliphatic rings. The SMILES string of the molecule is Cc1c(O)noc1[C@H](C)c1ccc(NC2C=CC(C(F)(F)F)=N2)cc1. The maximum absolute atomic E-state index is 12.6. The number of allylic oxidation sites excluding steroid dienone is 1. The maximum atomic E-state index is 12.6. The summed E-state index contributed by atoms with van der Waals surface area (Å²) in [5, 5.41) is 15.9. The second-order valence-corrected chi connectivity index (χ2v) is 5.80. The largest absolute Gasteiger partial charge is 0.491 e. The van der Waals surface area contributed by atoms with Crippen LogP contribution in [0.3, 0.4) is 0 Å². The molecule has 0 radical (unpaired) electrons. The van der Waals surface area contributed by atoms with E-state index >= 15 is 0 Å². The van der Waals surface area contributed by atoms with Gasteiger partial charge in [-0.3, -0.25) is 4.99 Å². The Morgan fingerprint density at radius 1 is 1.24 bits per heavy atom. The molecule has 2 atom stereocenters. The zero-order chi connectivity index (χ0) is 18.2. The Bertz CT molecular complexity index is 823. The third kappa shape index (κ3) is 3.52. The molecule has 5 nitrogen and oxygen atoms in total. The summed E-state index contributed by atoms with van der Waals surface area (Å²) < 4.78 is 42.8. The third-order valence-electron chi connectivity index (χ3n) is 4.06. The van der Waals surface area contributed by atoms with Gasteiger partial charge < -0.3 is 14.9 Å². The molecule has 3 rings (SSSR count). The van der Waals surface area contributed by atoms with Gasteiger partial charge in [0.2, 0.25) is 0 Å². The first-order valence-electron chi connectivity index (χ1n) is 7.60. The molecule has 2 N–H and O–H groups in total. The molecule has 2 heterocycles. The van der Waals surface area contributed by atoms with Gasteiger partial charge in [-0.1, -0.05) is 19.1 Å². The number of nitrogens with one attached hydrogen (secondary N) is 1. The van der Waals surface area contributed by atoms with Crippen LogP contribution >= 0.6 is 0 Å². The predicted octanol–water partition coefficient (Wildman–Crippen LogP) is 4.15. The van der Waals surface area contributed by atoms with Crippen molar-refractivity contribution < 1.29 is 22.8 Å². The van der Waals surface area contributed by atoms with Crippen molar-refractivity contribution in [2.45, 2.75) is 32.1 Å². The Balaban J connectivity index is 1.70. The number of hydrogen-bond donors (Lipinski definition) is 2. The lowest BCUT2D eigenvalue weighted by molar-refractivity contribution is -0.0576. The Morgan fingerprint density at radius 2 is 1.92 bits per heavy atom. The van der Waals surface area contributed by atoms with Crippen LogP contribution in [0.5, 0.6) is 5.88 Å². The molecule has 1 aromatic heterocycles. The molecular formula is C17H16F3N3O2. The van der Waals surface area contributed by atoms with Crippen LogP contribution in [0.1, 0.15) is 29.7 Å². The highest BCUT2D eigenvalue weighted by atomic mass is 19.4. The zero-order valence-electron chi connectivity index (χ0n) is 13.5. The lowest BCUT2D eigenvalue weighted by Crippen LogP contribution is -2.21. The molecule has 0 aliphatic carbocycles. The first-order valence-corrected chi connectivity index (χ1v) is 7.60. The molecule has 0 spiro atoms. The topological polar surface area (TPSA) is 70.7 Å². The van der Waals surface area contributed by atoms with Gasteiger partial charge >= 0.3 is 6.18 Å². The van der Waals surface area contributed by atoms with Crippen LogP contribution in [-0.4, -0.2) is 28.3 Å². The fourth-order valence-electron chi connectivity index (χ4n) is 2.60. The molecule has 0 saturated carbocycles. The third-order valence-corrected chi connectivity index (χ3v) is 4.06. The normalized spacial score (nSPS) is 18.3. The van der Waals surface area contributed by atoms with Crippen molar-refractivity contribution in [2.24, 2.45) is 4.99 Å². The molecule has 0 bridgehead atoms. The molecule has 0 amide bonds. The van der Waals surface area contributed by atoms with E-state index in [9.17, 15) is 18.3 Å². The summed E-state index contributed by atoms with van der Waals surface area (Å²) in [7, 11) is 0. The number of aromatic nitrogens is 1. The minimum atomic E-state index is -4.44. The van der Waals surface area contributed by atoms with E-state index < -0.39 is 18.1 Å². The van der Waals surface area contributed by atoms with Gasteiger partial charge in [-0.25, -0.2) is 0 Å². The molecular weight excluding hydrogens is 335 g/mol. The smallest absolute Gasteiger partial charge is 0.432 e. The van der Waals surface area contributed by atoms with Crippen molar-refractivity contribution in [3.05, 3.63) is 53.3 Å². The second kappa shape index (κ2) is 6.27. The van der Waals surface area contributed by atoms with Crippen molar-refractivity contribution in [1.29, 1.82) is 0 Å². The number of anilines is 1. The molecule has 0 saturated heterocycles. The Morgan fingerprint density at radius 3 is 2.44 bits per heavy atom. The first-order chi connectivity index (χ1) is 11.8. The number of benzene rings is 1. The van der Waals surface area contributed by atoms with Gasteiger partial charge in [-0.2, -0.15) is 13.2 Å². The van der Waals surface area contributed by atoms with E-state index in [-0.39, 0.29) is 11.8 Å². The molecule has 1 aliphatic heterocycles. The van der Waals surface area contributed by atoms with E-state index in [1.807, 2.05) is 19.1 Å². The van der Waals surface area contributed by atoms with Crippen LogP contribution in [-0.2, 0) is 0 Å². The van der Waals surface area contributed by atoms with Gasteiger partial charge in [0, 0.05) is 11.6 Å². The van der Waals surface area contributed by atoms with Gasteiger partial charge in [0.05, 0.1) is 5.56 Å². The van der Waals surface area contributed by atoms with Crippen molar-refractivity contribution >= 4 is 11.4 Å². The van der Waals surface area contributed by atoms with Gasteiger partial charge in [0.1, 0.15) is 11.9 Å². The van der Waals surface area contributed by atoms with E-state index in [1.165, 1.54) is 6.08 Å². The van der Waals surface area contributed by atoms with Crippen molar-refractivity contribution in [3.8, 4) is 5.88 Å². The maximum Gasteiger partial charge on any atom is 0.432 e. The van der Waals surface area contributed by atoms with Crippen LogP contribution in [0.15, 0.2) is 45.9 Å². The summed E-state index contributed by atoms with van der Waals surface area (Å²) in [5.41, 5.74) is 1.26. The van der Waals surface area contributed by atoms with Crippen LogP contribution < -0.4 is 5.32 Å². The van der Waals surface area contributed by atoms with Gasteiger partial charge in [0.15, 0.2) is 5.76 Å². The van der Waals surface area contributed by atoms with Crippen LogP contribution in [0.4, 0.5) is 18.9 Å². The van der Waals surface area contributed by atoms with Crippen LogP contribution in [0.2, 0.25) is 0 Å². The van der Waals surface area contributed by atoms with Crippen LogP contribution in [0, 0.1) is 6.92 Å². The summed E-state index contributed by atoms with van der Waals surface area (Å²) in [4.78, 5) is 3.59. The molecule has 8 heteroatoms. The Kier molecular flexibility index (Phi) is 4.28. The number of aromatic hydroxyl groups is 1. The summed E-state index contributed by atoms with van der Waals surface area (Å²) in [5.74, 6) is 0.312. The highest BCUT2D eigenvalue weighted by molar-refractivity contribution is 6.01.